The summed E-state index contributed by atoms with van der Waals surface area (Å²) in [5.74, 6) is -0.0255. The molecule has 156 valence electrons. The summed E-state index contributed by atoms with van der Waals surface area (Å²) in [6.07, 6.45) is 1.04. The van der Waals surface area contributed by atoms with Crippen LogP contribution in [0.15, 0.2) is 47.4 Å². The Morgan fingerprint density at radius 1 is 1.10 bits per heavy atom. The molecule has 1 unspecified atom stereocenters. The summed E-state index contributed by atoms with van der Waals surface area (Å²) < 4.78 is 28.0. The van der Waals surface area contributed by atoms with Crippen molar-refractivity contribution in [1.82, 2.24) is 9.62 Å². The molecule has 1 saturated heterocycles. The molecule has 0 radical (unpaired) electrons. The van der Waals surface area contributed by atoms with Crippen LogP contribution in [-0.4, -0.2) is 44.9 Å². The quantitative estimate of drug-likeness (QED) is 0.729. The van der Waals surface area contributed by atoms with Gasteiger partial charge in [0.2, 0.25) is 15.9 Å². The van der Waals surface area contributed by atoms with Crippen LogP contribution in [0.3, 0.4) is 0 Å². The molecule has 1 amide bonds. The van der Waals surface area contributed by atoms with Crippen molar-refractivity contribution in [2.24, 2.45) is 0 Å². The first kappa shape index (κ1) is 21.3. The van der Waals surface area contributed by atoms with Crippen molar-refractivity contribution in [3.63, 3.8) is 0 Å². The third kappa shape index (κ3) is 5.36. The number of carbonyl (C=O) groups is 1. The minimum absolute atomic E-state index is 0.0255. The fraction of sp³-hybridized carbons (Fsp3) is 0.409. The summed E-state index contributed by atoms with van der Waals surface area (Å²) in [4.78, 5) is 14.6. The Morgan fingerprint density at radius 2 is 1.76 bits per heavy atom. The van der Waals surface area contributed by atoms with E-state index in [0.717, 1.165) is 28.8 Å². The number of benzene rings is 2. The van der Waals surface area contributed by atoms with Crippen LogP contribution in [-0.2, 0) is 14.8 Å². The molecule has 1 atom stereocenters. The number of nitrogens with zero attached hydrogens (tertiary/aromatic N) is 1. The second kappa shape index (κ2) is 8.97. The van der Waals surface area contributed by atoms with Crippen molar-refractivity contribution in [1.29, 1.82) is 0 Å². The molecule has 0 aliphatic carbocycles. The van der Waals surface area contributed by atoms with Crippen LogP contribution in [0.4, 0.5) is 5.69 Å². The minimum atomic E-state index is -3.64. The first-order valence-corrected chi connectivity index (χ1v) is 11.4. The molecule has 2 aromatic carbocycles. The van der Waals surface area contributed by atoms with Crippen molar-refractivity contribution >= 4 is 21.6 Å². The van der Waals surface area contributed by atoms with Crippen molar-refractivity contribution in [3.05, 3.63) is 59.2 Å². The molecule has 1 aliphatic heterocycles. The Balaban J connectivity index is 1.51. The SMILES string of the molecule is Cc1cc(C)c(S(=O)(=O)NCCC(=O)N2CCC(Nc3ccccc3)C2)c(C)c1. The number of sulfonamides is 1. The Morgan fingerprint density at radius 3 is 2.41 bits per heavy atom. The number of nitrogens with one attached hydrogen (secondary N) is 2. The lowest BCUT2D eigenvalue weighted by Crippen LogP contribution is -2.35. The molecule has 0 bridgehead atoms. The van der Waals surface area contributed by atoms with Gasteiger partial charge in [0.05, 0.1) is 4.90 Å². The molecule has 2 N–H and O–H groups in total. The fourth-order valence-electron chi connectivity index (χ4n) is 3.99. The van der Waals surface area contributed by atoms with E-state index in [1.807, 2.05) is 49.4 Å². The fourth-order valence-corrected chi connectivity index (χ4v) is 5.47. The van der Waals surface area contributed by atoms with E-state index in [1.54, 1.807) is 18.7 Å². The third-order valence-corrected chi connectivity index (χ3v) is 6.96. The molecule has 2 aromatic rings. The number of aryl methyl sites for hydroxylation is 3. The number of hydrogen-bond acceptors (Lipinski definition) is 4. The largest absolute Gasteiger partial charge is 0.380 e. The van der Waals surface area contributed by atoms with Gasteiger partial charge < -0.3 is 10.2 Å². The van der Waals surface area contributed by atoms with E-state index >= 15 is 0 Å². The summed E-state index contributed by atoms with van der Waals surface area (Å²) >= 11 is 0. The zero-order valence-electron chi connectivity index (χ0n) is 17.2. The van der Waals surface area contributed by atoms with Crippen molar-refractivity contribution < 1.29 is 13.2 Å². The molecule has 1 fully saturated rings. The smallest absolute Gasteiger partial charge is 0.241 e. The van der Waals surface area contributed by atoms with Crippen LogP contribution in [0.25, 0.3) is 0 Å². The second-order valence-electron chi connectivity index (χ2n) is 7.71. The van der Waals surface area contributed by atoms with Crippen LogP contribution in [0.5, 0.6) is 0 Å². The number of hydrogen-bond donors (Lipinski definition) is 2. The molecule has 1 heterocycles. The molecule has 29 heavy (non-hydrogen) atoms. The second-order valence-corrected chi connectivity index (χ2v) is 9.42. The molecule has 7 heteroatoms. The molecule has 3 rings (SSSR count). The lowest BCUT2D eigenvalue weighted by Gasteiger charge is -2.18. The summed E-state index contributed by atoms with van der Waals surface area (Å²) in [5.41, 5.74) is 3.51. The molecule has 1 aliphatic rings. The molecule has 0 saturated carbocycles. The van der Waals surface area contributed by atoms with Gasteiger partial charge in [-0.25, -0.2) is 13.1 Å². The van der Waals surface area contributed by atoms with E-state index in [-0.39, 0.29) is 24.9 Å². The highest BCUT2D eigenvalue weighted by atomic mass is 32.2. The van der Waals surface area contributed by atoms with Crippen molar-refractivity contribution in [2.75, 3.05) is 25.0 Å². The average Bonchev–Trinajstić information content (AvgIpc) is 3.09. The maximum atomic E-state index is 12.7. The van der Waals surface area contributed by atoms with E-state index < -0.39 is 10.0 Å². The number of rotatable bonds is 7. The zero-order valence-corrected chi connectivity index (χ0v) is 18.1. The topological polar surface area (TPSA) is 78.5 Å². The summed E-state index contributed by atoms with van der Waals surface area (Å²) in [7, 11) is -3.64. The standard InChI is InChI=1S/C22H29N3O3S/c1-16-13-17(2)22(18(3)14-16)29(27,28)23-11-9-21(26)25-12-10-20(15-25)24-19-7-5-4-6-8-19/h4-8,13-14,20,23-24H,9-12,15H2,1-3H3. The van der Waals surface area contributed by atoms with Gasteiger partial charge in [-0.1, -0.05) is 35.9 Å². The van der Waals surface area contributed by atoms with Crippen LogP contribution >= 0.6 is 0 Å². The molecule has 0 spiro atoms. The molecule has 6 nitrogen and oxygen atoms in total. The summed E-state index contributed by atoms with van der Waals surface area (Å²) in [5, 5.41) is 3.44. The molecular weight excluding hydrogens is 386 g/mol. The highest BCUT2D eigenvalue weighted by molar-refractivity contribution is 7.89. The number of amides is 1. The third-order valence-electron chi connectivity index (χ3n) is 5.19. The molecule has 0 aromatic heterocycles. The monoisotopic (exact) mass is 415 g/mol. The van der Waals surface area contributed by atoms with Gasteiger partial charge in [0.25, 0.3) is 0 Å². The van der Waals surface area contributed by atoms with Crippen molar-refractivity contribution in [2.45, 2.75) is 44.6 Å². The van der Waals surface area contributed by atoms with Crippen molar-refractivity contribution in [3.8, 4) is 0 Å². The van der Waals surface area contributed by atoms with Crippen LogP contribution in [0.2, 0.25) is 0 Å². The highest BCUT2D eigenvalue weighted by Crippen LogP contribution is 2.21. The first-order valence-electron chi connectivity index (χ1n) is 9.93. The van der Waals surface area contributed by atoms with Crippen LogP contribution in [0, 0.1) is 20.8 Å². The molecular formula is C22H29N3O3S. The van der Waals surface area contributed by atoms with E-state index in [9.17, 15) is 13.2 Å². The van der Waals surface area contributed by atoms with Gasteiger partial charge in [0, 0.05) is 37.8 Å². The first-order chi connectivity index (χ1) is 13.8. The van der Waals surface area contributed by atoms with Gasteiger partial charge in [-0.3, -0.25) is 4.79 Å². The zero-order chi connectivity index (χ0) is 21.0. The van der Waals surface area contributed by atoms with Gasteiger partial charge in [-0.05, 0) is 50.5 Å². The summed E-state index contributed by atoms with van der Waals surface area (Å²) in [6, 6.07) is 13.9. The predicted molar refractivity (Wildman–Crippen MR) is 116 cm³/mol. The lowest BCUT2D eigenvalue weighted by molar-refractivity contribution is -0.129. The van der Waals surface area contributed by atoms with Gasteiger partial charge in [-0.15, -0.1) is 0 Å². The number of anilines is 1. The highest BCUT2D eigenvalue weighted by Gasteiger charge is 2.26. The maximum Gasteiger partial charge on any atom is 0.241 e. The Kier molecular flexibility index (Phi) is 6.59. The number of para-hydroxylation sites is 1. The van der Waals surface area contributed by atoms with Crippen LogP contribution in [0.1, 0.15) is 29.5 Å². The van der Waals surface area contributed by atoms with Gasteiger partial charge in [-0.2, -0.15) is 0 Å². The van der Waals surface area contributed by atoms with E-state index in [1.165, 1.54) is 0 Å². The van der Waals surface area contributed by atoms with Gasteiger partial charge >= 0.3 is 0 Å². The predicted octanol–water partition coefficient (Wildman–Crippen LogP) is 2.99. The number of likely N-dealkylation sites (tertiary alicyclic amines) is 1. The Bertz CT molecular complexity index is 951. The normalized spacial score (nSPS) is 16.8. The van der Waals surface area contributed by atoms with E-state index in [4.69, 9.17) is 0 Å². The maximum absolute atomic E-state index is 12.7. The van der Waals surface area contributed by atoms with Gasteiger partial charge in [0.15, 0.2) is 0 Å². The minimum Gasteiger partial charge on any atom is -0.380 e. The van der Waals surface area contributed by atoms with Gasteiger partial charge in [0.1, 0.15) is 0 Å². The van der Waals surface area contributed by atoms with E-state index in [0.29, 0.717) is 18.0 Å². The Hall–Kier alpha value is -2.38. The van der Waals surface area contributed by atoms with Crippen LogP contribution < -0.4 is 10.0 Å². The number of carbonyl (C=O) groups excluding carboxylic acids is 1. The average molecular weight is 416 g/mol. The lowest BCUT2D eigenvalue weighted by atomic mass is 10.1. The Labute approximate surface area is 173 Å². The summed E-state index contributed by atoms with van der Waals surface area (Å²) in [6.45, 7) is 6.95. The van der Waals surface area contributed by atoms with E-state index in [2.05, 4.69) is 10.0 Å².